The van der Waals surface area contributed by atoms with E-state index in [1.54, 1.807) is 29.3 Å². The van der Waals surface area contributed by atoms with Crippen LogP contribution in [-0.4, -0.2) is 23.3 Å². The van der Waals surface area contributed by atoms with Gasteiger partial charge in [-0.2, -0.15) is 0 Å². The molecule has 1 unspecified atom stereocenters. The Hall–Kier alpha value is -2.11. The van der Waals surface area contributed by atoms with Crippen molar-refractivity contribution in [2.24, 2.45) is 5.92 Å². The molecule has 0 bridgehead atoms. The summed E-state index contributed by atoms with van der Waals surface area (Å²) in [4.78, 5) is 30.2. The Bertz CT molecular complexity index is 768. The summed E-state index contributed by atoms with van der Waals surface area (Å²) < 4.78 is 0. The minimum absolute atomic E-state index is 0.105. The lowest BCUT2D eigenvalue weighted by Crippen LogP contribution is -2.32. The largest absolute Gasteiger partial charge is 0.350 e. The highest BCUT2D eigenvalue weighted by Crippen LogP contribution is 2.31. The third kappa shape index (κ3) is 3.68. The SMILES string of the molecule is O=C(NCc1ccccn1)C1CC(=O)N(c2ccc(Cl)c(Cl)c2)C1. The molecule has 1 atom stereocenters. The molecule has 24 heavy (non-hydrogen) atoms. The Morgan fingerprint density at radius 1 is 1.25 bits per heavy atom. The predicted molar refractivity (Wildman–Crippen MR) is 93.0 cm³/mol. The topological polar surface area (TPSA) is 62.3 Å². The Labute approximate surface area is 149 Å². The number of halogens is 2. The minimum atomic E-state index is -0.393. The highest BCUT2D eigenvalue weighted by atomic mass is 35.5. The van der Waals surface area contributed by atoms with Crippen molar-refractivity contribution < 1.29 is 9.59 Å². The second-order valence-corrected chi connectivity index (χ2v) is 6.36. The first-order valence-electron chi connectivity index (χ1n) is 7.47. The number of nitrogens with one attached hydrogen (secondary N) is 1. The monoisotopic (exact) mass is 363 g/mol. The van der Waals surface area contributed by atoms with E-state index in [4.69, 9.17) is 23.2 Å². The fourth-order valence-corrected chi connectivity index (χ4v) is 2.90. The van der Waals surface area contributed by atoms with Gasteiger partial charge >= 0.3 is 0 Å². The van der Waals surface area contributed by atoms with E-state index >= 15 is 0 Å². The van der Waals surface area contributed by atoms with Gasteiger partial charge in [0.25, 0.3) is 0 Å². The van der Waals surface area contributed by atoms with E-state index < -0.39 is 5.92 Å². The summed E-state index contributed by atoms with van der Waals surface area (Å²) >= 11 is 11.9. The van der Waals surface area contributed by atoms with Crippen molar-refractivity contribution in [1.29, 1.82) is 0 Å². The molecule has 5 nitrogen and oxygen atoms in total. The summed E-state index contributed by atoms with van der Waals surface area (Å²) in [5.74, 6) is -0.654. The average molecular weight is 364 g/mol. The number of amides is 2. The van der Waals surface area contributed by atoms with Crippen LogP contribution < -0.4 is 10.2 Å². The van der Waals surface area contributed by atoms with Crippen LogP contribution in [0.25, 0.3) is 0 Å². The van der Waals surface area contributed by atoms with Crippen molar-refractivity contribution in [2.75, 3.05) is 11.4 Å². The van der Waals surface area contributed by atoms with Gasteiger partial charge in [-0.05, 0) is 30.3 Å². The van der Waals surface area contributed by atoms with Gasteiger partial charge in [0, 0.05) is 24.8 Å². The maximum atomic E-state index is 12.3. The van der Waals surface area contributed by atoms with Crippen LogP contribution >= 0.6 is 23.2 Å². The summed E-state index contributed by atoms with van der Waals surface area (Å²) in [6, 6.07) is 10.5. The third-order valence-electron chi connectivity index (χ3n) is 3.88. The molecule has 124 valence electrons. The molecule has 2 amide bonds. The number of carbonyl (C=O) groups is 2. The Kier molecular flexibility index (Phi) is 5.02. The van der Waals surface area contributed by atoms with Gasteiger partial charge in [-0.25, -0.2) is 0 Å². The van der Waals surface area contributed by atoms with Crippen molar-refractivity contribution in [3.63, 3.8) is 0 Å². The van der Waals surface area contributed by atoms with Crippen LogP contribution in [-0.2, 0) is 16.1 Å². The molecular weight excluding hydrogens is 349 g/mol. The van der Waals surface area contributed by atoms with Crippen LogP contribution in [0, 0.1) is 5.92 Å². The van der Waals surface area contributed by atoms with E-state index in [2.05, 4.69) is 10.3 Å². The van der Waals surface area contributed by atoms with Gasteiger partial charge in [-0.15, -0.1) is 0 Å². The first-order valence-corrected chi connectivity index (χ1v) is 8.23. The number of rotatable bonds is 4. The first-order chi connectivity index (χ1) is 11.5. The highest BCUT2D eigenvalue weighted by Gasteiger charge is 2.35. The zero-order chi connectivity index (χ0) is 17.1. The second-order valence-electron chi connectivity index (χ2n) is 5.54. The van der Waals surface area contributed by atoms with E-state index in [1.807, 2.05) is 18.2 Å². The van der Waals surface area contributed by atoms with Crippen molar-refractivity contribution in [1.82, 2.24) is 10.3 Å². The molecule has 1 aromatic carbocycles. The minimum Gasteiger partial charge on any atom is -0.350 e. The zero-order valence-corrected chi connectivity index (χ0v) is 14.2. The molecule has 3 rings (SSSR count). The van der Waals surface area contributed by atoms with Crippen LogP contribution in [0.3, 0.4) is 0 Å². The quantitative estimate of drug-likeness (QED) is 0.907. The Balaban J connectivity index is 1.63. The van der Waals surface area contributed by atoms with Crippen LogP contribution in [0.15, 0.2) is 42.6 Å². The van der Waals surface area contributed by atoms with Gasteiger partial charge in [0.15, 0.2) is 0 Å². The van der Waals surface area contributed by atoms with Crippen LogP contribution in [0.2, 0.25) is 10.0 Å². The van der Waals surface area contributed by atoms with Gasteiger partial charge in [0.2, 0.25) is 11.8 Å². The molecular formula is C17H15Cl2N3O2. The zero-order valence-electron chi connectivity index (χ0n) is 12.7. The van der Waals surface area contributed by atoms with Gasteiger partial charge in [-0.3, -0.25) is 14.6 Å². The van der Waals surface area contributed by atoms with Gasteiger partial charge < -0.3 is 10.2 Å². The van der Waals surface area contributed by atoms with Crippen LogP contribution in [0.4, 0.5) is 5.69 Å². The van der Waals surface area contributed by atoms with Crippen molar-refractivity contribution in [3.05, 3.63) is 58.3 Å². The molecule has 0 radical (unpaired) electrons. The molecule has 1 saturated heterocycles. The van der Waals surface area contributed by atoms with Gasteiger partial charge in [0.1, 0.15) is 0 Å². The molecule has 1 aromatic heterocycles. The maximum absolute atomic E-state index is 12.3. The number of carbonyl (C=O) groups excluding carboxylic acids is 2. The summed E-state index contributed by atoms with van der Waals surface area (Å²) in [6.45, 7) is 0.669. The fraction of sp³-hybridized carbons (Fsp3) is 0.235. The summed E-state index contributed by atoms with van der Waals surface area (Å²) in [5, 5.41) is 3.63. The number of aromatic nitrogens is 1. The van der Waals surface area contributed by atoms with E-state index in [0.717, 1.165) is 5.69 Å². The molecule has 0 spiro atoms. The van der Waals surface area contributed by atoms with E-state index in [1.165, 1.54) is 0 Å². The number of hydrogen-bond acceptors (Lipinski definition) is 3. The molecule has 1 N–H and O–H groups in total. The Morgan fingerprint density at radius 3 is 2.79 bits per heavy atom. The van der Waals surface area contributed by atoms with Crippen molar-refractivity contribution >= 4 is 40.7 Å². The molecule has 2 aromatic rings. The summed E-state index contributed by atoms with van der Waals surface area (Å²) in [6.07, 6.45) is 1.85. The lowest BCUT2D eigenvalue weighted by atomic mass is 10.1. The molecule has 2 heterocycles. The second kappa shape index (κ2) is 7.20. The lowest BCUT2D eigenvalue weighted by Gasteiger charge is -2.17. The molecule has 7 heteroatoms. The molecule has 1 fully saturated rings. The molecule has 1 aliphatic heterocycles. The van der Waals surface area contributed by atoms with Gasteiger partial charge in [-0.1, -0.05) is 29.3 Å². The van der Waals surface area contributed by atoms with E-state index in [0.29, 0.717) is 28.8 Å². The average Bonchev–Trinajstić information content (AvgIpc) is 2.98. The lowest BCUT2D eigenvalue weighted by molar-refractivity contribution is -0.126. The summed E-state index contributed by atoms with van der Waals surface area (Å²) in [7, 11) is 0. The summed E-state index contributed by atoms with van der Waals surface area (Å²) in [5.41, 5.74) is 1.42. The number of nitrogens with zero attached hydrogens (tertiary/aromatic N) is 2. The number of benzene rings is 1. The molecule has 1 aliphatic rings. The number of hydrogen-bond donors (Lipinski definition) is 1. The maximum Gasteiger partial charge on any atom is 0.227 e. The first kappa shape index (κ1) is 16.7. The van der Waals surface area contributed by atoms with E-state index in [9.17, 15) is 9.59 Å². The predicted octanol–water partition coefficient (Wildman–Crippen LogP) is 3.06. The molecule has 0 saturated carbocycles. The Morgan fingerprint density at radius 2 is 2.08 bits per heavy atom. The van der Waals surface area contributed by atoms with Crippen molar-refractivity contribution in [2.45, 2.75) is 13.0 Å². The number of anilines is 1. The standard InChI is InChI=1S/C17H15Cl2N3O2/c18-14-5-4-13(8-15(14)19)22-10-11(7-16(22)23)17(24)21-9-12-3-1-2-6-20-12/h1-6,8,11H,7,9-10H2,(H,21,24). The normalized spacial score (nSPS) is 17.2. The third-order valence-corrected chi connectivity index (χ3v) is 4.62. The van der Waals surface area contributed by atoms with Crippen molar-refractivity contribution in [3.8, 4) is 0 Å². The van der Waals surface area contributed by atoms with Crippen LogP contribution in [0.5, 0.6) is 0 Å². The molecule has 0 aliphatic carbocycles. The smallest absolute Gasteiger partial charge is 0.227 e. The fourth-order valence-electron chi connectivity index (χ4n) is 2.61. The highest BCUT2D eigenvalue weighted by molar-refractivity contribution is 6.42. The van der Waals surface area contributed by atoms with Crippen LogP contribution in [0.1, 0.15) is 12.1 Å². The van der Waals surface area contributed by atoms with E-state index in [-0.39, 0.29) is 18.2 Å². The number of pyridine rings is 1. The van der Waals surface area contributed by atoms with Gasteiger partial charge in [0.05, 0.1) is 28.2 Å².